The number of fused-ring (bicyclic) bond motifs is 1. The minimum Gasteiger partial charge on any atom is -0.361 e. The number of benzene rings is 1. The Labute approximate surface area is 108 Å². The number of H-pyrrole nitrogens is 1. The van der Waals surface area contributed by atoms with Gasteiger partial charge in [-0.15, -0.1) is 0 Å². The van der Waals surface area contributed by atoms with Gasteiger partial charge >= 0.3 is 0 Å². The molecule has 94 valence electrons. The summed E-state index contributed by atoms with van der Waals surface area (Å²) in [6, 6.07) is 8.71. The average molecular weight is 240 g/mol. The topological polar surface area (TPSA) is 19.0 Å². The molecule has 0 unspecified atom stereocenters. The monoisotopic (exact) mass is 240 g/mol. The molecule has 0 aliphatic carbocycles. The van der Waals surface area contributed by atoms with Gasteiger partial charge in [0.1, 0.15) is 0 Å². The third-order valence-corrected chi connectivity index (χ3v) is 3.70. The smallest absolute Gasteiger partial charge is 0.0530 e. The van der Waals surface area contributed by atoms with Gasteiger partial charge in [-0.3, -0.25) is 4.90 Å². The molecule has 2 nitrogen and oxygen atoms in total. The summed E-state index contributed by atoms with van der Waals surface area (Å²) in [4.78, 5) is 5.93. The van der Waals surface area contributed by atoms with Crippen LogP contribution in [0.3, 0.4) is 0 Å². The van der Waals surface area contributed by atoms with Crippen LogP contribution in [0.25, 0.3) is 16.5 Å². The molecule has 2 aromatic rings. The van der Waals surface area contributed by atoms with Gasteiger partial charge in [-0.05, 0) is 36.4 Å². The Bertz CT molecular complexity index is 565. The summed E-state index contributed by atoms with van der Waals surface area (Å²) >= 11 is 0. The largest absolute Gasteiger partial charge is 0.361 e. The number of hydrogen-bond donors (Lipinski definition) is 1. The van der Waals surface area contributed by atoms with Crippen molar-refractivity contribution in [2.75, 3.05) is 19.6 Å². The van der Waals surface area contributed by atoms with Gasteiger partial charge in [0, 0.05) is 24.8 Å². The molecule has 0 saturated heterocycles. The minimum atomic E-state index is 1.09. The molecule has 18 heavy (non-hydrogen) atoms. The van der Waals surface area contributed by atoms with Crippen molar-refractivity contribution in [3.8, 4) is 0 Å². The van der Waals surface area contributed by atoms with Crippen LogP contribution < -0.4 is 0 Å². The fourth-order valence-corrected chi connectivity index (χ4v) is 2.86. The van der Waals surface area contributed by atoms with Crippen LogP contribution in [0.2, 0.25) is 0 Å². The second-order valence-corrected chi connectivity index (χ2v) is 5.04. The first-order chi connectivity index (χ1) is 8.88. The zero-order chi connectivity index (χ0) is 12.4. The third-order valence-electron chi connectivity index (χ3n) is 3.70. The van der Waals surface area contributed by atoms with Gasteiger partial charge in [0.15, 0.2) is 0 Å². The van der Waals surface area contributed by atoms with E-state index in [1.807, 2.05) is 6.20 Å². The second-order valence-electron chi connectivity index (χ2n) is 5.04. The fraction of sp³-hybridized carbons (Fsp3) is 0.375. The Kier molecular flexibility index (Phi) is 3.20. The Morgan fingerprint density at radius 1 is 1.28 bits per heavy atom. The van der Waals surface area contributed by atoms with Crippen LogP contribution in [0.4, 0.5) is 0 Å². The van der Waals surface area contributed by atoms with Gasteiger partial charge in [-0.25, -0.2) is 0 Å². The fourth-order valence-electron chi connectivity index (χ4n) is 2.86. The maximum absolute atomic E-state index is 3.37. The predicted molar refractivity (Wildman–Crippen MR) is 77.6 cm³/mol. The first-order valence-corrected chi connectivity index (χ1v) is 6.86. The Hall–Kier alpha value is -1.54. The third kappa shape index (κ3) is 2.08. The van der Waals surface area contributed by atoms with E-state index in [0.29, 0.717) is 0 Å². The van der Waals surface area contributed by atoms with E-state index >= 15 is 0 Å². The molecule has 0 bridgehead atoms. The first-order valence-electron chi connectivity index (χ1n) is 6.86. The molecule has 0 spiro atoms. The van der Waals surface area contributed by atoms with Crippen LogP contribution in [0.15, 0.2) is 36.5 Å². The number of nitrogens with one attached hydrogen (secondary N) is 1. The SMILES string of the molecule is CCCN1CCC=C(c2cccc3cc[nH]c23)C1. The van der Waals surface area contributed by atoms with Gasteiger partial charge < -0.3 is 4.98 Å². The predicted octanol–water partition coefficient (Wildman–Crippen LogP) is 3.67. The van der Waals surface area contributed by atoms with Gasteiger partial charge in [0.25, 0.3) is 0 Å². The molecule has 3 rings (SSSR count). The molecule has 2 heteroatoms. The van der Waals surface area contributed by atoms with Crippen molar-refractivity contribution in [3.05, 3.63) is 42.1 Å². The molecule has 0 radical (unpaired) electrons. The highest BCUT2D eigenvalue weighted by molar-refractivity contribution is 5.91. The summed E-state index contributed by atoms with van der Waals surface area (Å²) in [7, 11) is 0. The normalized spacial score (nSPS) is 17.1. The highest BCUT2D eigenvalue weighted by Gasteiger charge is 2.15. The van der Waals surface area contributed by atoms with Crippen molar-refractivity contribution in [1.29, 1.82) is 0 Å². The van der Waals surface area contributed by atoms with Crippen LogP contribution >= 0.6 is 0 Å². The van der Waals surface area contributed by atoms with E-state index in [2.05, 4.69) is 47.1 Å². The highest BCUT2D eigenvalue weighted by Crippen LogP contribution is 2.27. The zero-order valence-corrected chi connectivity index (χ0v) is 10.9. The summed E-state index contributed by atoms with van der Waals surface area (Å²) in [5.41, 5.74) is 4.13. The number of nitrogens with zero attached hydrogens (tertiary/aromatic N) is 1. The second kappa shape index (κ2) is 4.99. The van der Waals surface area contributed by atoms with Crippen molar-refractivity contribution in [2.45, 2.75) is 19.8 Å². The Morgan fingerprint density at radius 2 is 2.22 bits per heavy atom. The molecule has 1 aliphatic rings. The van der Waals surface area contributed by atoms with E-state index in [-0.39, 0.29) is 0 Å². The molecule has 1 aromatic heterocycles. The van der Waals surface area contributed by atoms with Crippen LogP contribution in [0.1, 0.15) is 25.3 Å². The molecular formula is C16H20N2. The molecule has 0 atom stereocenters. The standard InChI is InChI=1S/C16H20N2/c1-2-10-18-11-4-6-14(12-18)15-7-3-5-13-8-9-17-16(13)15/h3,5-9,17H,2,4,10-12H2,1H3. The summed E-state index contributed by atoms with van der Waals surface area (Å²) in [5.74, 6) is 0. The average Bonchev–Trinajstić information content (AvgIpc) is 2.87. The molecule has 1 aromatic carbocycles. The lowest BCUT2D eigenvalue weighted by Gasteiger charge is -2.27. The van der Waals surface area contributed by atoms with Crippen LogP contribution in [-0.2, 0) is 0 Å². The molecule has 0 saturated carbocycles. The maximum atomic E-state index is 3.37. The van der Waals surface area contributed by atoms with E-state index in [1.165, 1.54) is 48.0 Å². The molecular weight excluding hydrogens is 220 g/mol. The van der Waals surface area contributed by atoms with Crippen LogP contribution in [0, 0.1) is 0 Å². The van der Waals surface area contributed by atoms with E-state index in [4.69, 9.17) is 0 Å². The van der Waals surface area contributed by atoms with E-state index in [9.17, 15) is 0 Å². The molecule has 0 fully saturated rings. The molecule has 1 N–H and O–H groups in total. The quantitative estimate of drug-likeness (QED) is 0.867. The molecule has 1 aliphatic heterocycles. The highest BCUT2D eigenvalue weighted by atomic mass is 15.1. The first kappa shape index (κ1) is 11.5. The summed E-state index contributed by atoms with van der Waals surface area (Å²) in [6.07, 6.45) is 6.84. The van der Waals surface area contributed by atoms with Crippen molar-refractivity contribution >= 4 is 16.5 Å². The van der Waals surface area contributed by atoms with Crippen molar-refractivity contribution in [1.82, 2.24) is 9.88 Å². The Balaban J connectivity index is 1.94. The van der Waals surface area contributed by atoms with E-state index in [1.54, 1.807) is 0 Å². The van der Waals surface area contributed by atoms with Crippen molar-refractivity contribution in [3.63, 3.8) is 0 Å². The van der Waals surface area contributed by atoms with E-state index in [0.717, 1.165) is 6.54 Å². The maximum Gasteiger partial charge on any atom is 0.0530 e. The number of aromatic amines is 1. The summed E-state index contributed by atoms with van der Waals surface area (Å²) < 4.78 is 0. The lowest BCUT2D eigenvalue weighted by atomic mass is 9.99. The lowest BCUT2D eigenvalue weighted by molar-refractivity contribution is 0.305. The number of rotatable bonds is 3. The zero-order valence-electron chi connectivity index (χ0n) is 10.9. The van der Waals surface area contributed by atoms with Crippen molar-refractivity contribution < 1.29 is 0 Å². The minimum absolute atomic E-state index is 1.09. The van der Waals surface area contributed by atoms with Gasteiger partial charge in [-0.1, -0.05) is 31.2 Å². The van der Waals surface area contributed by atoms with Gasteiger partial charge in [-0.2, -0.15) is 0 Å². The van der Waals surface area contributed by atoms with Gasteiger partial charge in [0.2, 0.25) is 0 Å². The van der Waals surface area contributed by atoms with Gasteiger partial charge in [0.05, 0.1) is 5.52 Å². The molecule has 2 heterocycles. The van der Waals surface area contributed by atoms with E-state index < -0.39 is 0 Å². The molecule has 0 amide bonds. The van der Waals surface area contributed by atoms with Crippen LogP contribution in [-0.4, -0.2) is 29.5 Å². The van der Waals surface area contributed by atoms with Crippen molar-refractivity contribution in [2.24, 2.45) is 0 Å². The summed E-state index contributed by atoms with van der Waals surface area (Å²) in [6.45, 7) is 5.76. The number of aromatic nitrogens is 1. The lowest BCUT2D eigenvalue weighted by Crippen LogP contribution is -2.30. The number of hydrogen-bond acceptors (Lipinski definition) is 1. The van der Waals surface area contributed by atoms with Crippen LogP contribution in [0.5, 0.6) is 0 Å². The summed E-state index contributed by atoms with van der Waals surface area (Å²) in [5, 5.41) is 1.31. The Morgan fingerprint density at radius 3 is 3.11 bits per heavy atom. The number of para-hydroxylation sites is 1.